The molecule has 1 N–H and O–H groups in total. The number of carbonyl (C=O) groups is 2. The van der Waals surface area contributed by atoms with E-state index < -0.39 is 23.9 Å². The predicted molar refractivity (Wildman–Crippen MR) is 54.5 cm³/mol. The lowest BCUT2D eigenvalue weighted by atomic mass is 10.1. The van der Waals surface area contributed by atoms with Crippen molar-refractivity contribution in [3.8, 4) is 0 Å². The summed E-state index contributed by atoms with van der Waals surface area (Å²) < 4.78 is 35.7. The van der Waals surface area contributed by atoms with Crippen LogP contribution in [0, 0.1) is 0 Å². The highest BCUT2D eigenvalue weighted by Crippen LogP contribution is 2.16. The molecule has 0 fully saturated rings. The first-order valence-corrected chi connectivity index (χ1v) is 4.83. The Morgan fingerprint density at radius 3 is 2.35 bits per heavy atom. The zero-order valence-electron chi connectivity index (χ0n) is 8.34. The van der Waals surface area contributed by atoms with Gasteiger partial charge in [-0.1, -0.05) is 18.2 Å². The maximum absolute atomic E-state index is 11.9. The number of hydrogen-bond donors (Lipinski definition) is 1. The normalized spacial score (nSPS) is 11.1. The van der Waals surface area contributed by atoms with Crippen molar-refractivity contribution in [2.24, 2.45) is 0 Å². The van der Waals surface area contributed by atoms with Gasteiger partial charge in [0, 0.05) is 12.1 Å². The van der Waals surface area contributed by atoms with Gasteiger partial charge in [-0.05, 0) is 23.2 Å². The number of nitrogens with one attached hydrogen (secondary N) is 1. The summed E-state index contributed by atoms with van der Waals surface area (Å²) in [5.41, 5.74) is 0.293. The van der Waals surface area contributed by atoms with E-state index in [1.807, 2.05) is 0 Å². The molecule has 1 aromatic carbocycles. The molecule has 0 spiro atoms. The summed E-state index contributed by atoms with van der Waals surface area (Å²) in [5.74, 6) is -2.06. The van der Waals surface area contributed by atoms with Gasteiger partial charge in [-0.2, -0.15) is 13.2 Å². The Bertz CT molecular complexity index is 445. The molecule has 0 aliphatic rings. The Morgan fingerprint density at radius 2 is 1.82 bits per heavy atom. The maximum Gasteiger partial charge on any atom is 0.471 e. The molecule has 0 saturated heterocycles. The van der Waals surface area contributed by atoms with Gasteiger partial charge in [0.2, 0.25) is 0 Å². The quantitative estimate of drug-likeness (QED) is 0.852. The molecule has 0 heterocycles. The number of carbonyl (C=O) groups excluding carboxylic acids is 2. The van der Waals surface area contributed by atoms with Gasteiger partial charge in [0.25, 0.3) is 5.24 Å². The van der Waals surface area contributed by atoms with Gasteiger partial charge in [0.15, 0.2) is 0 Å². The third-order valence-electron chi connectivity index (χ3n) is 1.93. The predicted octanol–water partition coefficient (Wildman–Crippen LogP) is 2.24. The van der Waals surface area contributed by atoms with Gasteiger partial charge in [-0.15, -0.1) is 0 Å². The second kappa shape index (κ2) is 5.18. The number of hydrogen-bond acceptors (Lipinski definition) is 2. The Morgan fingerprint density at radius 1 is 1.24 bits per heavy atom. The second-order valence-corrected chi connectivity index (χ2v) is 3.45. The van der Waals surface area contributed by atoms with E-state index in [2.05, 4.69) is 0 Å². The first-order valence-electron chi connectivity index (χ1n) is 4.45. The summed E-state index contributed by atoms with van der Waals surface area (Å²) in [6.45, 7) is -0.410. The molecule has 0 saturated carbocycles. The van der Waals surface area contributed by atoms with Crippen LogP contribution in [0.3, 0.4) is 0 Å². The fourth-order valence-electron chi connectivity index (χ4n) is 1.14. The van der Waals surface area contributed by atoms with Crippen molar-refractivity contribution in [2.75, 3.05) is 0 Å². The SMILES string of the molecule is O=C(Cl)c1ccccc1CNC(=O)C(F)(F)F. The molecule has 0 aliphatic heterocycles. The summed E-state index contributed by atoms with van der Waals surface area (Å²) in [6, 6.07) is 5.82. The van der Waals surface area contributed by atoms with E-state index >= 15 is 0 Å². The molecule has 1 aromatic rings. The van der Waals surface area contributed by atoms with Crippen LogP contribution in [0.15, 0.2) is 24.3 Å². The van der Waals surface area contributed by atoms with Crippen LogP contribution in [0.2, 0.25) is 0 Å². The molecule has 1 amide bonds. The number of rotatable bonds is 3. The third kappa shape index (κ3) is 3.74. The standard InChI is InChI=1S/C10H7ClF3NO2/c11-8(16)7-4-2-1-3-6(7)5-15-9(17)10(12,13)14/h1-4H,5H2,(H,15,17). The Hall–Kier alpha value is -1.56. The Kier molecular flexibility index (Phi) is 4.11. The zero-order chi connectivity index (χ0) is 13.1. The van der Waals surface area contributed by atoms with Crippen molar-refractivity contribution < 1.29 is 22.8 Å². The number of benzene rings is 1. The topological polar surface area (TPSA) is 46.2 Å². The summed E-state index contributed by atoms with van der Waals surface area (Å²) in [6.07, 6.45) is -4.94. The summed E-state index contributed by atoms with van der Waals surface area (Å²) in [5, 5.41) is 0.869. The van der Waals surface area contributed by atoms with E-state index in [0.717, 1.165) is 0 Å². The highest BCUT2D eigenvalue weighted by Gasteiger charge is 2.38. The fraction of sp³-hybridized carbons (Fsp3) is 0.200. The van der Waals surface area contributed by atoms with Crippen molar-refractivity contribution in [1.29, 1.82) is 0 Å². The number of halogens is 4. The van der Waals surface area contributed by atoms with Crippen LogP contribution in [0.1, 0.15) is 15.9 Å². The largest absolute Gasteiger partial charge is 0.471 e. The van der Waals surface area contributed by atoms with Gasteiger partial charge < -0.3 is 5.32 Å². The van der Waals surface area contributed by atoms with Gasteiger partial charge in [0.1, 0.15) is 0 Å². The molecule has 1 rings (SSSR count). The molecule has 0 aliphatic carbocycles. The fourth-order valence-corrected chi connectivity index (χ4v) is 1.33. The van der Waals surface area contributed by atoms with Crippen LogP contribution < -0.4 is 5.32 Å². The van der Waals surface area contributed by atoms with Gasteiger partial charge >= 0.3 is 12.1 Å². The van der Waals surface area contributed by atoms with Crippen molar-refractivity contribution in [3.63, 3.8) is 0 Å². The van der Waals surface area contributed by atoms with E-state index in [1.165, 1.54) is 24.3 Å². The number of amides is 1. The first kappa shape index (κ1) is 13.5. The minimum Gasteiger partial charge on any atom is -0.344 e. The van der Waals surface area contributed by atoms with Gasteiger partial charge in [-0.25, -0.2) is 0 Å². The molecule has 0 radical (unpaired) electrons. The molecular formula is C10H7ClF3NO2. The molecule has 0 bridgehead atoms. The molecule has 92 valence electrons. The maximum atomic E-state index is 11.9. The van der Waals surface area contributed by atoms with E-state index in [4.69, 9.17) is 11.6 Å². The van der Waals surface area contributed by atoms with Crippen LogP contribution >= 0.6 is 11.6 Å². The van der Waals surface area contributed by atoms with Crippen LogP contribution in [-0.4, -0.2) is 17.3 Å². The Balaban J connectivity index is 2.77. The van der Waals surface area contributed by atoms with E-state index in [0.29, 0.717) is 0 Å². The average Bonchev–Trinajstić information content (AvgIpc) is 2.24. The first-order chi connectivity index (χ1) is 7.82. The minimum atomic E-state index is -4.94. The van der Waals surface area contributed by atoms with Crippen molar-refractivity contribution in [1.82, 2.24) is 5.32 Å². The number of alkyl halides is 3. The van der Waals surface area contributed by atoms with Crippen LogP contribution in [0.4, 0.5) is 13.2 Å². The summed E-state index contributed by atoms with van der Waals surface area (Å²) >= 11 is 5.24. The van der Waals surface area contributed by atoms with E-state index in [-0.39, 0.29) is 11.1 Å². The van der Waals surface area contributed by atoms with Crippen LogP contribution in [0.25, 0.3) is 0 Å². The highest BCUT2D eigenvalue weighted by molar-refractivity contribution is 6.67. The highest BCUT2D eigenvalue weighted by atomic mass is 35.5. The molecule has 0 unspecified atom stereocenters. The van der Waals surface area contributed by atoms with Crippen LogP contribution in [-0.2, 0) is 11.3 Å². The molecule has 0 aromatic heterocycles. The smallest absolute Gasteiger partial charge is 0.344 e. The lowest BCUT2D eigenvalue weighted by Crippen LogP contribution is -2.36. The van der Waals surface area contributed by atoms with Crippen molar-refractivity contribution >= 4 is 22.8 Å². The minimum absolute atomic E-state index is 0.0663. The molecular weight excluding hydrogens is 259 g/mol. The Labute approximate surface area is 99.6 Å². The average molecular weight is 266 g/mol. The second-order valence-electron chi connectivity index (χ2n) is 3.11. The third-order valence-corrected chi connectivity index (χ3v) is 2.13. The van der Waals surface area contributed by atoms with Crippen LogP contribution in [0.5, 0.6) is 0 Å². The molecule has 0 atom stereocenters. The van der Waals surface area contributed by atoms with Gasteiger partial charge in [-0.3, -0.25) is 9.59 Å². The lowest BCUT2D eigenvalue weighted by molar-refractivity contribution is -0.173. The van der Waals surface area contributed by atoms with Crippen molar-refractivity contribution in [2.45, 2.75) is 12.7 Å². The van der Waals surface area contributed by atoms with Crippen molar-refractivity contribution in [3.05, 3.63) is 35.4 Å². The van der Waals surface area contributed by atoms with Gasteiger partial charge in [0.05, 0.1) is 0 Å². The van der Waals surface area contributed by atoms with E-state index in [9.17, 15) is 22.8 Å². The zero-order valence-corrected chi connectivity index (χ0v) is 9.10. The summed E-state index contributed by atoms with van der Waals surface area (Å²) in [4.78, 5) is 21.5. The monoisotopic (exact) mass is 265 g/mol. The van der Waals surface area contributed by atoms with E-state index in [1.54, 1.807) is 5.32 Å². The molecule has 3 nitrogen and oxygen atoms in total. The molecule has 7 heteroatoms. The molecule has 17 heavy (non-hydrogen) atoms. The lowest BCUT2D eigenvalue weighted by Gasteiger charge is -2.09. The summed E-state index contributed by atoms with van der Waals surface area (Å²) in [7, 11) is 0.